The fraction of sp³-hybridized carbons (Fsp3) is 0.192. The lowest BCUT2D eigenvalue weighted by Crippen LogP contribution is -2.11. The second-order valence-electron chi connectivity index (χ2n) is 7.60. The number of hydrogen-bond donors (Lipinski definition) is 0. The molecule has 0 aliphatic carbocycles. The first-order valence-corrected chi connectivity index (χ1v) is 9.76. The molecule has 3 aromatic carbocycles. The van der Waals surface area contributed by atoms with Gasteiger partial charge in [-0.05, 0) is 62.1 Å². The molecule has 0 aliphatic heterocycles. The van der Waals surface area contributed by atoms with Crippen molar-refractivity contribution >= 4 is 11.0 Å². The second-order valence-corrected chi connectivity index (χ2v) is 7.60. The lowest BCUT2D eigenvalue weighted by molar-refractivity contribution is 0.297. The van der Waals surface area contributed by atoms with E-state index in [1.54, 1.807) is 0 Å². The van der Waals surface area contributed by atoms with Crippen molar-refractivity contribution in [1.29, 1.82) is 0 Å². The van der Waals surface area contributed by atoms with E-state index in [-0.39, 0.29) is 11.2 Å². The summed E-state index contributed by atoms with van der Waals surface area (Å²) in [5, 5.41) is 0.545. The van der Waals surface area contributed by atoms with Crippen LogP contribution in [0.15, 0.2) is 69.9 Å². The maximum Gasteiger partial charge on any atom is 0.235 e. The Morgan fingerprint density at radius 3 is 2.24 bits per heavy atom. The van der Waals surface area contributed by atoms with Gasteiger partial charge in [0.2, 0.25) is 11.2 Å². The van der Waals surface area contributed by atoms with Crippen LogP contribution in [-0.4, -0.2) is 0 Å². The maximum absolute atomic E-state index is 13.4. The smallest absolute Gasteiger partial charge is 0.235 e. The summed E-state index contributed by atoms with van der Waals surface area (Å²) in [7, 11) is 0. The highest BCUT2D eigenvalue weighted by Gasteiger charge is 2.19. The van der Waals surface area contributed by atoms with Gasteiger partial charge < -0.3 is 9.15 Å². The molecular weight excluding hydrogens is 360 g/mol. The molecule has 3 heteroatoms. The molecule has 1 heterocycles. The molecule has 3 nitrogen and oxygen atoms in total. The lowest BCUT2D eigenvalue weighted by atomic mass is 10.0. The van der Waals surface area contributed by atoms with E-state index in [9.17, 15) is 4.79 Å². The second kappa shape index (κ2) is 7.59. The van der Waals surface area contributed by atoms with Crippen LogP contribution < -0.4 is 10.2 Å². The zero-order valence-corrected chi connectivity index (χ0v) is 17.2. The zero-order valence-electron chi connectivity index (χ0n) is 17.2. The summed E-state index contributed by atoms with van der Waals surface area (Å²) in [6, 6.07) is 19.8. The monoisotopic (exact) mass is 384 g/mol. The van der Waals surface area contributed by atoms with Crippen molar-refractivity contribution in [2.75, 3.05) is 0 Å². The summed E-state index contributed by atoms with van der Waals surface area (Å²) in [4.78, 5) is 13.4. The van der Waals surface area contributed by atoms with E-state index < -0.39 is 0 Å². The largest absolute Gasteiger partial charge is 0.481 e. The Balaban J connectivity index is 1.89. The fourth-order valence-corrected chi connectivity index (χ4v) is 3.38. The minimum atomic E-state index is -0.140. The molecule has 0 N–H and O–H groups in total. The van der Waals surface area contributed by atoms with Crippen molar-refractivity contribution in [1.82, 2.24) is 0 Å². The van der Waals surface area contributed by atoms with Crippen molar-refractivity contribution in [2.24, 2.45) is 0 Å². The van der Waals surface area contributed by atoms with Gasteiger partial charge in [-0.1, -0.05) is 54.1 Å². The molecule has 29 heavy (non-hydrogen) atoms. The molecule has 1 aromatic heterocycles. The van der Waals surface area contributed by atoms with Gasteiger partial charge >= 0.3 is 0 Å². The summed E-state index contributed by atoms with van der Waals surface area (Å²) in [6.07, 6.45) is 0. The number of fused-ring (bicyclic) bond motifs is 1. The first-order chi connectivity index (χ1) is 13.9. The van der Waals surface area contributed by atoms with Crippen LogP contribution in [0.3, 0.4) is 0 Å². The minimum absolute atomic E-state index is 0.140. The Labute approximate surface area is 170 Å². The predicted molar refractivity (Wildman–Crippen MR) is 118 cm³/mol. The first-order valence-electron chi connectivity index (χ1n) is 9.76. The maximum atomic E-state index is 13.4. The highest BCUT2D eigenvalue weighted by Crippen LogP contribution is 2.32. The summed E-state index contributed by atoms with van der Waals surface area (Å²) in [5.74, 6) is 0.729. The highest BCUT2D eigenvalue weighted by molar-refractivity contribution is 5.83. The van der Waals surface area contributed by atoms with Crippen LogP contribution in [0.1, 0.15) is 27.8 Å². The summed E-state index contributed by atoms with van der Waals surface area (Å²) in [5.41, 5.74) is 6.72. The molecule has 146 valence electrons. The van der Waals surface area contributed by atoms with Crippen molar-refractivity contribution in [3.8, 4) is 17.1 Å². The average molecular weight is 384 g/mol. The van der Waals surface area contributed by atoms with Gasteiger partial charge in [0.15, 0.2) is 5.76 Å². The van der Waals surface area contributed by atoms with E-state index in [1.807, 2.05) is 88.4 Å². The van der Waals surface area contributed by atoms with Gasteiger partial charge in [-0.15, -0.1) is 0 Å². The number of aryl methyl sites for hydroxylation is 4. The zero-order chi connectivity index (χ0) is 20.5. The van der Waals surface area contributed by atoms with E-state index in [0.29, 0.717) is 23.3 Å². The normalized spacial score (nSPS) is 11.0. The molecule has 0 radical (unpaired) electrons. The van der Waals surface area contributed by atoms with Crippen LogP contribution in [0.5, 0.6) is 5.75 Å². The van der Waals surface area contributed by atoms with Crippen LogP contribution in [0.2, 0.25) is 0 Å². The molecule has 0 saturated carbocycles. The van der Waals surface area contributed by atoms with Gasteiger partial charge in [-0.3, -0.25) is 4.79 Å². The third-order valence-electron chi connectivity index (χ3n) is 5.41. The third-order valence-corrected chi connectivity index (χ3v) is 5.41. The van der Waals surface area contributed by atoms with Crippen LogP contribution in [0, 0.1) is 27.7 Å². The molecule has 0 amide bonds. The Morgan fingerprint density at radius 2 is 1.52 bits per heavy atom. The number of hydrogen-bond acceptors (Lipinski definition) is 3. The van der Waals surface area contributed by atoms with E-state index in [4.69, 9.17) is 9.15 Å². The Bertz CT molecular complexity index is 1250. The highest BCUT2D eigenvalue weighted by atomic mass is 16.5. The van der Waals surface area contributed by atoms with Gasteiger partial charge in [0.05, 0.1) is 5.39 Å². The SMILES string of the molecule is Cc1ccc(-c2oc3cc(C)c(C)cc3c(=O)c2OCc2ccccc2C)cc1. The molecule has 0 saturated heterocycles. The van der Waals surface area contributed by atoms with Crippen molar-refractivity contribution < 1.29 is 9.15 Å². The lowest BCUT2D eigenvalue weighted by Gasteiger charge is -2.14. The topological polar surface area (TPSA) is 39.4 Å². The molecule has 0 aliphatic rings. The molecule has 0 spiro atoms. The van der Waals surface area contributed by atoms with Crippen LogP contribution in [-0.2, 0) is 6.61 Å². The summed E-state index contributed by atoms with van der Waals surface area (Å²) < 4.78 is 12.3. The van der Waals surface area contributed by atoms with Crippen LogP contribution >= 0.6 is 0 Å². The number of rotatable bonds is 4. The molecule has 0 atom stereocenters. The third kappa shape index (κ3) is 3.68. The van der Waals surface area contributed by atoms with Crippen molar-refractivity contribution in [3.05, 3.63) is 98.7 Å². The molecule has 4 rings (SSSR count). The number of benzene rings is 3. The van der Waals surface area contributed by atoms with Gasteiger partial charge in [0.1, 0.15) is 12.2 Å². The first kappa shape index (κ1) is 19.0. The van der Waals surface area contributed by atoms with Gasteiger partial charge in [-0.25, -0.2) is 0 Å². The Kier molecular flexibility index (Phi) is 4.98. The molecular formula is C26H24O3. The molecule has 4 aromatic rings. The van der Waals surface area contributed by atoms with E-state index in [0.717, 1.165) is 33.4 Å². The average Bonchev–Trinajstić information content (AvgIpc) is 2.70. The molecule has 0 unspecified atom stereocenters. The van der Waals surface area contributed by atoms with Crippen molar-refractivity contribution in [2.45, 2.75) is 34.3 Å². The van der Waals surface area contributed by atoms with Gasteiger partial charge in [-0.2, -0.15) is 0 Å². The summed E-state index contributed by atoms with van der Waals surface area (Å²) in [6.45, 7) is 8.39. The van der Waals surface area contributed by atoms with E-state index in [1.165, 1.54) is 0 Å². The quantitative estimate of drug-likeness (QED) is 0.416. The van der Waals surface area contributed by atoms with Gasteiger partial charge in [0.25, 0.3) is 0 Å². The Morgan fingerprint density at radius 1 is 0.828 bits per heavy atom. The molecule has 0 fully saturated rings. The fourth-order valence-electron chi connectivity index (χ4n) is 3.38. The standard InChI is InChI=1S/C26H24O3/c1-16-9-11-20(12-10-16)25-26(28-15-21-8-6-5-7-17(21)2)24(27)22-13-18(3)19(4)14-23(22)29-25/h5-14H,15H2,1-4H3. The van der Waals surface area contributed by atoms with E-state index in [2.05, 4.69) is 0 Å². The molecule has 0 bridgehead atoms. The van der Waals surface area contributed by atoms with E-state index >= 15 is 0 Å². The van der Waals surface area contributed by atoms with Gasteiger partial charge in [0, 0.05) is 5.56 Å². The predicted octanol–water partition coefficient (Wildman–Crippen LogP) is 6.27. The van der Waals surface area contributed by atoms with Crippen molar-refractivity contribution in [3.63, 3.8) is 0 Å². The van der Waals surface area contributed by atoms with Crippen LogP contribution in [0.25, 0.3) is 22.3 Å². The Hall–Kier alpha value is -3.33. The minimum Gasteiger partial charge on any atom is -0.481 e. The van der Waals surface area contributed by atoms with Crippen LogP contribution in [0.4, 0.5) is 0 Å². The summed E-state index contributed by atoms with van der Waals surface area (Å²) >= 11 is 0. The number of ether oxygens (including phenoxy) is 1.